The Labute approximate surface area is 119 Å². The number of hydrogen-bond donors (Lipinski definition) is 2. The molecule has 2 N–H and O–H groups in total. The van der Waals surface area contributed by atoms with Gasteiger partial charge in [0.25, 0.3) is 0 Å². The minimum atomic E-state index is -1.07. The summed E-state index contributed by atoms with van der Waals surface area (Å²) in [7, 11) is 0. The molecular weight excluding hydrogens is 258 g/mol. The standard InChI is InChI=1S/C15H23NO4/c17-14(18)13-12(6-10-3-4-10)7-11(5-9-1-2-9)8-16(13)15(19)20/h9-13H,1-8H2,(H,17,18)(H,19,20). The number of likely N-dealkylation sites (tertiary alicyclic amines) is 1. The molecule has 2 aliphatic carbocycles. The zero-order valence-electron chi connectivity index (χ0n) is 11.7. The highest BCUT2D eigenvalue weighted by Crippen LogP contribution is 2.44. The van der Waals surface area contributed by atoms with Gasteiger partial charge in [0.05, 0.1) is 0 Å². The Kier molecular flexibility index (Phi) is 3.61. The first-order valence-corrected chi connectivity index (χ1v) is 7.77. The van der Waals surface area contributed by atoms with Crippen molar-refractivity contribution in [2.24, 2.45) is 23.7 Å². The second-order valence-electron chi connectivity index (χ2n) is 6.94. The highest BCUT2D eigenvalue weighted by molar-refractivity contribution is 5.80. The van der Waals surface area contributed by atoms with E-state index < -0.39 is 18.1 Å². The van der Waals surface area contributed by atoms with Crippen LogP contribution in [0.5, 0.6) is 0 Å². The fourth-order valence-corrected chi connectivity index (χ4v) is 3.81. The van der Waals surface area contributed by atoms with Crippen molar-refractivity contribution in [2.75, 3.05) is 6.54 Å². The molecule has 5 nitrogen and oxygen atoms in total. The smallest absolute Gasteiger partial charge is 0.408 e. The zero-order valence-corrected chi connectivity index (χ0v) is 11.7. The van der Waals surface area contributed by atoms with Crippen LogP contribution in [0.15, 0.2) is 0 Å². The van der Waals surface area contributed by atoms with Crippen LogP contribution in [0.3, 0.4) is 0 Å². The van der Waals surface area contributed by atoms with Crippen LogP contribution in [0.25, 0.3) is 0 Å². The second-order valence-corrected chi connectivity index (χ2v) is 6.94. The molecule has 5 heteroatoms. The van der Waals surface area contributed by atoms with Crippen molar-refractivity contribution in [3.05, 3.63) is 0 Å². The lowest BCUT2D eigenvalue weighted by Crippen LogP contribution is -2.55. The summed E-state index contributed by atoms with van der Waals surface area (Å²) in [5.74, 6) is 0.797. The molecular formula is C15H23NO4. The third kappa shape index (κ3) is 3.07. The van der Waals surface area contributed by atoms with E-state index in [1.54, 1.807) is 0 Å². The molecule has 3 fully saturated rings. The molecule has 1 aliphatic heterocycles. The number of aliphatic carboxylic acids is 1. The molecule has 3 rings (SSSR count). The monoisotopic (exact) mass is 281 g/mol. The quantitative estimate of drug-likeness (QED) is 0.812. The Morgan fingerprint density at radius 2 is 1.55 bits per heavy atom. The van der Waals surface area contributed by atoms with E-state index in [2.05, 4.69) is 0 Å². The molecule has 3 atom stereocenters. The SMILES string of the molecule is O=C(O)C1C(CC2CC2)CC(CC2CC2)CN1C(=O)O. The van der Waals surface area contributed by atoms with E-state index >= 15 is 0 Å². The first-order chi connectivity index (χ1) is 9.54. The van der Waals surface area contributed by atoms with Crippen LogP contribution in [0.1, 0.15) is 44.9 Å². The van der Waals surface area contributed by atoms with Gasteiger partial charge in [-0.25, -0.2) is 9.59 Å². The number of amides is 1. The molecule has 1 amide bonds. The van der Waals surface area contributed by atoms with E-state index in [0.717, 1.165) is 25.2 Å². The van der Waals surface area contributed by atoms with Gasteiger partial charge in [0.15, 0.2) is 0 Å². The maximum Gasteiger partial charge on any atom is 0.408 e. The van der Waals surface area contributed by atoms with Gasteiger partial charge >= 0.3 is 12.1 Å². The molecule has 20 heavy (non-hydrogen) atoms. The maximum atomic E-state index is 11.5. The summed E-state index contributed by atoms with van der Waals surface area (Å²) in [6.45, 7) is 0.407. The van der Waals surface area contributed by atoms with Crippen molar-refractivity contribution in [2.45, 2.75) is 51.0 Å². The Hall–Kier alpha value is -1.26. The van der Waals surface area contributed by atoms with E-state index in [-0.39, 0.29) is 5.92 Å². The largest absolute Gasteiger partial charge is 0.480 e. The van der Waals surface area contributed by atoms with Crippen molar-refractivity contribution < 1.29 is 19.8 Å². The third-order valence-electron chi connectivity index (χ3n) is 5.07. The van der Waals surface area contributed by atoms with Crippen LogP contribution in [-0.2, 0) is 4.79 Å². The number of carboxylic acid groups (broad SMARTS) is 2. The summed E-state index contributed by atoms with van der Waals surface area (Å²) in [5, 5.41) is 18.8. The summed E-state index contributed by atoms with van der Waals surface area (Å²) < 4.78 is 0. The summed E-state index contributed by atoms with van der Waals surface area (Å²) in [6.07, 6.45) is 6.69. The molecule has 0 aromatic carbocycles. The van der Waals surface area contributed by atoms with E-state index in [1.807, 2.05) is 0 Å². The Balaban J connectivity index is 1.73. The second kappa shape index (κ2) is 5.26. The first kappa shape index (κ1) is 13.7. The van der Waals surface area contributed by atoms with Crippen molar-refractivity contribution in [3.63, 3.8) is 0 Å². The number of hydrogen-bond acceptors (Lipinski definition) is 2. The van der Waals surface area contributed by atoms with Gasteiger partial charge in [-0.05, 0) is 42.9 Å². The molecule has 1 saturated heterocycles. The van der Waals surface area contributed by atoms with Gasteiger partial charge in [0, 0.05) is 6.54 Å². The summed E-state index contributed by atoms with van der Waals surface area (Å²) in [4.78, 5) is 24.1. The van der Waals surface area contributed by atoms with Gasteiger partial charge in [-0.15, -0.1) is 0 Å². The molecule has 2 saturated carbocycles. The lowest BCUT2D eigenvalue weighted by molar-refractivity contribution is -0.147. The Morgan fingerprint density at radius 3 is 2.05 bits per heavy atom. The molecule has 1 heterocycles. The van der Waals surface area contributed by atoms with E-state index in [0.29, 0.717) is 18.4 Å². The topological polar surface area (TPSA) is 77.8 Å². The van der Waals surface area contributed by atoms with E-state index in [1.165, 1.54) is 30.6 Å². The van der Waals surface area contributed by atoms with E-state index in [9.17, 15) is 19.8 Å². The average molecular weight is 281 g/mol. The molecule has 0 spiro atoms. The van der Waals surface area contributed by atoms with Gasteiger partial charge in [0.1, 0.15) is 6.04 Å². The first-order valence-electron chi connectivity index (χ1n) is 7.77. The zero-order chi connectivity index (χ0) is 14.3. The van der Waals surface area contributed by atoms with Crippen molar-refractivity contribution in [1.29, 1.82) is 0 Å². The molecule has 3 unspecified atom stereocenters. The van der Waals surface area contributed by atoms with Crippen molar-refractivity contribution in [1.82, 2.24) is 4.90 Å². The molecule has 112 valence electrons. The summed E-state index contributed by atoms with van der Waals surface area (Å²) in [6, 6.07) is -0.830. The minimum absolute atomic E-state index is 0.00796. The number of nitrogens with zero attached hydrogens (tertiary/aromatic N) is 1. The average Bonchev–Trinajstić information content (AvgIpc) is 3.24. The minimum Gasteiger partial charge on any atom is -0.480 e. The fourth-order valence-electron chi connectivity index (χ4n) is 3.81. The molecule has 3 aliphatic rings. The predicted octanol–water partition coefficient (Wildman–Crippen LogP) is 2.66. The van der Waals surface area contributed by atoms with Gasteiger partial charge in [0.2, 0.25) is 0 Å². The Bertz CT molecular complexity index is 403. The lowest BCUT2D eigenvalue weighted by atomic mass is 9.78. The van der Waals surface area contributed by atoms with Crippen LogP contribution in [0, 0.1) is 23.7 Å². The van der Waals surface area contributed by atoms with Gasteiger partial charge < -0.3 is 10.2 Å². The molecule has 0 aromatic rings. The highest BCUT2D eigenvalue weighted by Gasteiger charge is 2.45. The number of carbonyl (C=O) groups is 2. The van der Waals surface area contributed by atoms with Crippen molar-refractivity contribution >= 4 is 12.1 Å². The molecule has 0 radical (unpaired) electrons. The summed E-state index contributed by atoms with van der Waals surface area (Å²) in [5.41, 5.74) is 0. The van der Waals surface area contributed by atoms with Gasteiger partial charge in [-0.3, -0.25) is 4.90 Å². The van der Waals surface area contributed by atoms with Crippen LogP contribution in [-0.4, -0.2) is 39.8 Å². The Morgan fingerprint density at radius 1 is 0.950 bits per heavy atom. The van der Waals surface area contributed by atoms with Crippen LogP contribution < -0.4 is 0 Å². The van der Waals surface area contributed by atoms with Gasteiger partial charge in [-0.2, -0.15) is 0 Å². The molecule has 0 aromatic heterocycles. The van der Waals surface area contributed by atoms with Crippen molar-refractivity contribution in [3.8, 4) is 0 Å². The van der Waals surface area contributed by atoms with Crippen LogP contribution >= 0.6 is 0 Å². The van der Waals surface area contributed by atoms with Crippen LogP contribution in [0.4, 0.5) is 4.79 Å². The number of rotatable bonds is 5. The van der Waals surface area contributed by atoms with E-state index in [4.69, 9.17) is 0 Å². The lowest BCUT2D eigenvalue weighted by Gasteiger charge is -2.41. The highest BCUT2D eigenvalue weighted by atomic mass is 16.4. The predicted molar refractivity (Wildman–Crippen MR) is 72.4 cm³/mol. The maximum absolute atomic E-state index is 11.5. The normalized spacial score (nSPS) is 34.0. The fraction of sp³-hybridized carbons (Fsp3) is 0.867. The number of carboxylic acids is 1. The molecule has 0 bridgehead atoms. The third-order valence-corrected chi connectivity index (χ3v) is 5.07. The van der Waals surface area contributed by atoms with Crippen LogP contribution in [0.2, 0.25) is 0 Å². The summed E-state index contributed by atoms with van der Waals surface area (Å²) >= 11 is 0. The van der Waals surface area contributed by atoms with Gasteiger partial charge in [-0.1, -0.05) is 25.7 Å². The number of piperidine rings is 1.